The summed E-state index contributed by atoms with van der Waals surface area (Å²) in [5.74, 6) is 0.423. The Morgan fingerprint density at radius 1 is 1.06 bits per heavy atom. The van der Waals surface area contributed by atoms with E-state index in [4.69, 9.17) is 5.73 Å². The summed E-state index contributed by atoms with van der Waals surface area (Å²) in [7, 11) is 0. The SMILES string of the molecule is CCC(=O)c1cc(C(=O)CCCC2CCC(N)CC2)cn(Cc2ccccc2)c1=O.Cl. The van der Waals surface area contributed by atoms with Crippen LogP contribution in [0.5, 0.6) is 0 Å². The molecule has 3 rings (SSSR count). The minimum Gasteiger partial charge on any atom is -0.328 e. The Bertz CT molecular complexity index is 932. The molecule has 1 aliphatic carbocycles. The number of nitrogens with zero attached hydrogens (tertiary/aromatic N) is 1. The lowest BCUT2D eigenvalue weighted by molar-refractivity contribution is 0.0975. The molecule has 168 valence electrons. The van der Waals surface area contributed by atoms with Gasteiger partial charge in [0.25, 0.3) is 5.56 Å². The number of Topliss-reactive ketones (excluding diaryl/α,β-unsaturated/α-hetero) is 2. The molecule has 6 heteroatoms. The van der Waals surface area contributed by atoms with Gasteiger partial charge in [-0.3, -0.25) is 14.4 Å². The Hall–Kier alpha value is -2.24. The molecule has 2 N–H and O–H groups in total. The van der Waals surface area contributed by atoms with Crippen molar-refractivity contribution < 1.29 is 9.59 Å². The summed E-state index contributed by atoms with van der Waals surface area (Å²) in [5, 5.41) is 0. The van der Waals surface area contributed by atoms with Crippen molar-refractivity contribution in [2.75, 3.05) is 0 Å². The van der Waals surface area contributed by atoms with Gasteiger partial charge in [-0.05, 0) is 49.7 Å². The maximum absolute atomic E-state index is 12.9. The fourth-order valence-corrected chi connectivity index (χ4v) is 4.25. The summed E-state index contributed by atoms with van der Waals surface area (Å²) in [5.41, 5.74) is 7.16. The average Bonchev–Trinajstić information content (AvgIpc) is 2.76. The topological polar surface area (TPSA) is 82.2 Å². The molecule has 1 heterocycles. The van der Waals surface area contributed by atoms with E-state index >= 15 is 0 Å². The highest BCUT2D eigenvalue weighted by molar-refractivity contribution is 6.00. The maximum Gasteiger partial charge on any atom is 0.261 e. The van der Waals surface area contributed by atoms with Crippen LogP contribution >= 0.6 is 12.4 Å². The van der Waals surface area contributed by atoms with Gasteiger partial charge in [0, 0.05) is 30.6 Å². The largest absolute Gasteiger partial charge is 0.328 e. The summed E-state index contributed by atoms with van der Waals surface area (Å²) < 4.78 is 1.49. The van der Waals surface area contributed by atoms with Crippen LogP contribution in [0, 0.1) is 5.92 Å². The lowest BCUT2D eigenvalue weighted by Gasteiger charge is -2.25. The third-order valence-electron chi connectivity index (χ3n) is 6.13. The summed E-state index contributed by atoms with van der Waals surface area (Å²) in [6.45, 7) is 2.07. The zero-order valence-corrected chi connectivity index (χ0v) is 19.0. The van der Waals surface area contributed by atoms with Crippen molar-refractivity contribution in [1.82, 2.24) is 4.57 Å². The van der Waals surface area contributed by atoms with E-state index in [1.807, 2.05) is 30.3 Å². The van der Waals surface area contributed by atoms with Crippen molar-refractivity contribution in [2.24, 2.45) is 11.7 Å². The molecule has 2 aromatic rings. The lowest BCUT2D eigenvalue weighted by Crippen LogP contribution is -2.28. The Kier molecular flexibility index (Phi) is 9.66. The smallest absolute Gasteiger partial charge is 0.261 e. The van der Waals surface area contributed by atoms with Crippen LogP contribution in [-0.4, -0.2) is 22.2 Å². The molecule has 0 unspecified atom stereocenters. The minimum absolute atomic E-state index is 0. The van der Waals surface area contributed by atoms with Crippen LogP contribution in [0.15, 0.2) is 47.4 Å². The number of nitrogens with two attached hydrogens (primary N) is 1. The first kappa shape index (κ1) is 25.0. The first-order valence-electron chi connectivity index (χ1n) is 11.1. The van der Waals surface area contributed by atoms with Gasteiger partial charge < -0.3 is 10.3 Å². The fraction of sp³-hybridized carbons (Fsp3) is 0.480. The van der Waals surface area contributed by atoms with E-state index in [0.717, 1.165) is 44.1 Å². The van der Waals surface area contributed by atoms with Gasteiger partial charge in [-0.1, -0.05) is 43.7 Å². The Balaban J connectivity index is 0.00000341. The van der Waals surface area contributed by atoms with E-state index in [1.165, 1.54) is 10.6 Å². The van der Waals surface area contributed by atoms with Crippen LogP contribution in [0.3, 0.4) is 0 Å². The Morgan fingerprint density at radius 2 is 1.74 bits per heavy atom. The molecule has 0 amide bonds. The molecule has 5 nitrogen and oxygen atoms in total. The van der Waals surface area contributed by atoms with Crippen molar-refractivity contribution in [3.63, 3.8) is 0 Å². The number of carbonyl (C=O) groups is 2. The number of ketones is 2. The number of rotatable bonds is 9. The second kappa shape index (κ2) is 12.0. The van der Waals surface area contributed by atoms with Crippen molar-refractivity contribution >= 4 is 24.0 Å². The van der Waals surface area contributed by atoms with Crippen molar-refractivity contribution in [1.29, 1.82) is 0 Å². The van der Waals surface area contributed by atoms with Gasteiger partial charge >= 0.3 is 0 Å². The number of hydrogen-bond acceptors (Lipinski definition) is 4. The van der Waals surface area contributed by atoms with Gasteiger partial charge in [-0.15, -0.1) is 12.4 Å². The molecule has 1 aromatic carbocycles. The van der Waals surface area contributed by atoms with Gasteiger partial charge in [0.2, 0.25) is 0 Å². The minimum atomic E-state index is -0.333. The second-order valence-corrected chi connectivity index (χ2v) is 8.43. The predicted molar refractivity (Wildman–Crippen MR) is 126 cm³/mol. The number of carbonyl (C=O) groups excluding carboxylic acids is 2. The molecular weight excluding hydrogens is 412 g/mol. The van der Waals surface area contributed by atoms with Gasteiger partial charge in [-0.2, -0.15) is 0 Å². The number of pyridine rings is 1. The van der Waals surface area contributed by atoms with Crippen molar-refractivity contribution in [3.8, 4) is 0 Å². The van der Waals surface area contributed by atoms with E-state index in [0.29, 0.717) is 30.5 Å². The van der Waals surface area contributed by atoms with E-state index < -0.39 is 0 Å². The highest BCUT2D eigenvalue weighted by Gasteiger charge is 2.20. The van der Waals surface area contributed by atoms with Gasteiger partial charge in [0.15, 0.2) is 11.6 Å². The zero-order chi connectivity index (χ0) is 21.5. The molecule has 0 aliphatic heterocycles. The second-order valence-electron chi connectivity index (χ2n) is 8.43. The Labute approximate surface area is 190 Å². The molecule has 1 aromatic heterocycles. The summed E-state index contributed by atoms with van der Waals surface area (Å²) in [4.78, 5) is 38.0. The van der Waals surface area contributed by atoms with Crippen molar-refractivity contribution in [2.45, 2.75) is 70.9 Å². The highest BCUT2D eigenvalue weighted by atomic mass is 35.5. The summed E-state index contributed by atoms with van der Waals surface area (Å²) in [6.07, 6.45) is 8.59. The molecule has 1 fully saturated rings. The van der Waals surface area contributed by atoms with Crippen LogP contribution < -0.4 is 11.3 Å². The number of aromatic nitrogens is 1. The molecule has 31 heavy (non-hydrogen) atoms. The van der Waals surface area contributed by atoms with Crippen LogP contribution in [0.25, 0.3) is 0 Å². The molecule has 0 atom stereocenters. The number of hydrogen-bond donors (Lipinski definition) is 1. The quantitative estimate of drug-likeness (QED) is 0.564. The van der Waals surface area contributed by atoms with Gasteiger partial charge in [0.1, 0.15) is 0 Å². The summed E-state index contributed by atoms with van der Waals surface area (Å²) >= 11 is 0. The molecule has 0 radical (unpaired) electrons. The van der Waals surface area contributed by atoms with Crippen LogP contribution in [-0.2, 0) is 6.54 Å². The maximum atomic E-state index is 12.9. The first-order valence-corrected chi connectivity index (χ1v) is 11.1. The predicted octanol–water partition coefficient (Wildman–Crippen LogP) is 4.78. The van der Waals surface area contributed by atoms with Crippen LogP contribution in [0.4, 0.5) is 0 Å². The van der Waals surface area contributed by atoms with Gasteiger partial charge in [-0.25, -0.2) is 0 Å². The standard InChI is InChI=1S/C25H32N2O3.ClH/c1-2-23(28)22-15-20(17-27(25(22)30)16-19-7-4-3-5-8-19)24(29)10-6-9-18-11-13-21(26)14-12-18;/h3-5,7-8,15,17-18,21H,2,6,9-14,16,26H2,1H3;1H. The van der Waals surface area contributed by atoms with E-state index in [9.17, 15) is 14.4 Å². The van der Waals surface area contributed by atoms with E-state index in [1.54, 1.807) is 13.1 Å². The third kappa shape index (κ3) is 6.88. The summed E-state index contributed by atoms with van der Waals surface area (Å²) in [6, 6.07) is 11.4. The average molecular weight is 445 g/mol. The normalized spacial score (nSPS) is 18.3. The first-order chi connectivity index (χ1) is 14.5. The van der Waals surface area contributed by atoms with Crippen LogP contribution in [0.1, 0.15) is 84.6 Å². The Morgan fingerprint density at radius 3 is 2.39 bits per heavy atom. The molecule has 0 bridgehead atoms. The molecule has 1 aliphatic rings. The van der Waals surface area contributed by atoms with Gasteiger partial charge in [0.05, 0.1) is 12.1 Å². The van der Waals surface area contributed by atoms with Crippen LogP contribution in [0.2, 0.25) is 0 Å². The molecule has 0 saturated heterocycles. The molecule has 1 saturated carbocycles. The van der Waals surface area contributed by atoms with Crippen molar-refractivity contribution in [3.05, 3.63) is 69.6 Å². The lowest BCUT2D eigenvalue weighted by atomic mass is 9.83. The molecule has 0 spiro atoms. The van der Waals surface area contributed by atoms with E-state index in [2.05, 4.69) is 0 Å². The number of benzene rings is 1. The third-order valence-corrected chi connectivity index (χ3v) is 6.13. The monoisotopic (exact) mass is 444 g/mol. The van der Waals surface area contributed by atoms with E-state index in [-0.39, 0.29) is 41.5 Å². The fourth-order valence-electron chi connectivity index (χ4n) is 4.25. The highest BCUT2D eigenvalue weighted by Crippen LogP contribution is 2.27. The number of halogens is 1. The molecular formula is C25H33ClN2O3. The zero-order valence-electron chi connectivity index (χ0n) is 18.2.